The second-order valence-corrected chi connectivity index (χ2v) is 5.05. The number of hydroxylamine groups is 2. The van der Waals surface area contributed by atoms with Crippen molar-refractivity contribution in [1.82, 2.24) is 5.06 Å². The second kappa shape index (κ2) is 6.09. The van der Waals surface area contributed by atoms with Gasteiger partial charge in [0.05, 0.1) is 12.6 Å². The van der Waals surface area contributed by atoms with Gasteiger partial charge in [-0.05, 0) is 18.8 Å². The Balaban J connectivity index is 1.86. The first kappa shape index (κ1) is 13.2. The highest BCUT2D eigenvalue weighted by atomic mass is 19.1. The lowest BCUT2D eigenvalue weighted by molar-refractivity contribution is -0.164. The number of aliphatic hydroxyl groups excluding tert-OH is 1. The smallest absolute Gasteiger partial charge is 0.149 e. The van der Waals surface area contributed by atoms with Gasteiger partial charge >= 0.3 is 0 Å². The van der Waals surface area contributed by atoms with Crippen LogP contribution in [0.3, 0.4) is 0 Å². The molecule has 0 unspecified atom stereocenters. The SMILES string of the molecule is OC[C@H]1O[CH][C@@H](F)[C@@H]1N(O)CC1CCCCC1. The summed E-state index contributed by atoms with van der Waals surface area (Å²) in [5.41, 5.74) is 0. The summed E-state index contributed by atoms with van der Waals surface area (Å²) in [6, 6.07) is -0.762. The average molecular weight is 246 g/mol. The highest BCUT2D eigenvalue weighted by Gasteiger charge is 2.42. The van der Waals surface area contributed by atoms with Gasteiger partial charge < -0.3 is 15.1 Å². The van der Waals surface area contributed by atoms with E-state index in [1.807, 2.05) is 0 Å². The first-order valence-electron chi connectivity index (χ1n) is 6.41. The van der Waals surface area contributed by atoms with Gasteiger partial charge in [-0.1, -0.05) is 19.3 Å². The maximum absolute atomic E-state index is 13.5. The monoisotopic (exact) mass is 246 g/mol. The van der Waals surface area contributed by atoms with Gasteiger partial charge in [0.1, 0.15) is 18.9 Å². The summed E-state index contributed by atoms with van der Waals surface area (Å²) >= 11 is 0. The van der Waals surface area contributed by atoms with E-state index in [0.717, 1.165) is 24.5 Å². The highest BCUT2D eigenvalue weighted by Crippen LogP contribution is 2.29. The lowest BCUT2D eigenvalue weighted by atomic mass is 9.89. The van der Waals surface area contributed by atoms with E-state index in [4.69, 9.17) is 9.84 Å². The molecule has 1 saturated carbocycles. The van der Waals surface area contributed by atoms with E-state index in [1.165, 1.54) is 19.3 Å². The predicted molar refractivity (Wildman–Crippen MR) is 60.0 cm³/mol. The summed E-state index contributed by atoms with van der Waals surface area (Å²) < 4.78 is 18.5. The molecule has 1 aliphatic carbocycles. The molecule has 3 atom stereocenters. The minimum Gasteiger partial charge on any atom is -0.394 e. The summed E-state index contributed by atoms with van der Waals surface area (Å²) in [7, 11) is 0. The molecule has 0 amide bonds. The summed E-state index contributed by atoms with van der Waals surface area (Å²) in [6.45, 7) is 1.26. The molecule has 2 aliphatic rings. The topological polar surface area (TPSA) is 52.9 Å². The Bertz CT molecular complexity index is 236. The second-order valence-electron chi connectivity index (χ2n) is 5.05. The van der Waals surface area contributed by atoms with E-state index in [2.05, 4.69) is 0 Å². The van der Waals surface area contributed by atoms with E-state index in [9.17, 15) is 9.60 Å². The molecular weight excluding hydrogens is 225 g/mol. The van der Waals surface area contributed by atoms with Crippen LogP contribution >= 0.6 is 0 Å². The van der Waals surface area contributed by atoms with Gasteiger partial charge in [-0.3, -0.25) is 0 Å². The molecule has 2 fully saturated rings. The Kier molecular flexibility index (Phi) is 4.73. The number of ether oxygens (including phenoxy) is 1. The molecule has 1 saturated heterocycles. The standard InChI is InChI=1S/C12H21FNO3/c13-10-8-17-11(7-15)12(10)14(16)6-9-4-2-1-3-5-9/h8-12,15-16H,1-7H2/t10-,11-,12+/m1/s1. The minimum absolute atomic E-state index is 0.274. The van der Waals surface area contributed by atoms with E-state index in [1.54, 1.807) is 0 Å². The van der Waals surface area contributed by atoms with Crippen LogP contribution in [-0.2, 0) is 4.74 Å². The summed E-state index contributed by atoms with van der Waals surface area (Å²) in [5, 5.41) is 20.0. The molecule has 1 radical (unpaired) electrons. The molecule has 0 aromatic rings. The van der Waals surface area contributed by atoms with Crippen LogP contribution in [0.25, 0.3) is 0 Å². The molecule has 4 nitrogen and oxygen atoms in total. The quantitative estimate of drug-likeness (QED) is 0.738. The Labute approximate surface area is 101 Å². The van der Waals surface area contributed by atoms with E-state index in [-0.39, 0.29) is 6.61 Å². The van der Waals surface area contributed by atoms with Crippen molar-refractivity contribution in [3.63, 3.8) is 0 Å². The molecule has 0 spiro atoms. The molecule has 0 aromatic heterocycles. The van der Waals surface area contributed by atoms with Crippen LogP contribution in [0.5, 0.6) is 0 Å². The van der Waals surface area contributed by atoms with Crippen LogP contribution in [0.15, 0.2) is 0 Å². The van der Waals surface area contributed by atoms with Crippen molar-refractivity contribution in [1.29, 1.82) is 0 Å². The summed E-state index contributed by atoms with van der Waals surface area (Å²) in [5.74, 6) is 0.431. The van der Waals surface area contributed by atoms with Gasteiger partial charge in [-0.15, -0.1) is 0 Å². The Morgan fingerprint density at radius 1 is 1.29 bits per heavy atom. The molecule has 17 heavy (non-hydrogen) atoms. The average Bonchev–Trinajstić information content (AvgIpc) is 2.71. The Morgan fingerprint density at radius 2 is 2.00 bits per heavy atom. The maximum atomic E-state index is 13.5. The van der Waals surface area contributed by atoms with Crippen LogP contribution < -0.4 is 0 Å². The molecule has 2 rings (SSSR count). The van der Waals surface area contributed by atoms with Crippen molar-refractivity contribution in [2.24, 2.45) is 5.92 Å². The molecule has 0 aromatic carbocycles. The van der Waals surface area contributed by atoms with Crippen LogP contribution in [0.1, 0.15) is 32.1 Å². The zero-order chi connectivity index (χ0) is 12.3. The number of hydrogen-bond donors (Lipinski definition) is 2. The van der Waals surface area contributed by atoms with Crippen LogP contribution in [0.4, 0.5) is 4.39 Å². The number of hydrogen-bond acceptors (Lipinski definition) is 4. The lowest BCUT2D eigenvalue weighted by Crippen LogP contribution is -2.47. The van der Waals surface area contributed by atoms with Crippen LogP contribution in [-0.4, -0.2) is 46.8 Å². The Hall–Kier alpha value is -0.230. The molecule has 0 bridgehead atoms. The van der Waals surface area contributed by atoms with E-state index < -0.39 is 18.3 Å². The fourth-order valence-corrected chi connectivity index (χ4v) is 2.81. The van der Waals surface area contributed by atoms with Gasteiger partial charge in [0.2, 0.25) is 0 Å². The van der Waals surface area contributed by atoms with Crippen molar-refractivity contribution in [2.75, 3.05) is 13.2 Å². The Morgan fingerprint density at radius 3 is 2.65 bits per heavy atom. The number of rotatable bonds is 4. The van der Waals surface area contributed by atoms with Gasteiger partial charge in [-0.25, -0.2) is 4.39 Å². The zero-order valence-corrected chi connectivity index (χ0v) is 9.96. The summed E-state index contributed by atoms with van der Waals surface area (Å²) in [6.07, 6.45) is 3.83. The van der Waals surface area contributed by atoms with Gasteiger partial charge in [0.25, 0.3) is 0 Å². The van der Waals surface area contributed by atoms with E-state index >= 15 is 0 Å². The fraction of sp³-hybridized carbons (Fsp3) is 0.917. The maximum Gasteiger partial charge on any atom is 0.149 e. The fourth-order valence-electron chi connectivity index (χ4n) is 2.81. The first-order valence-corrected chi connectivity index (χ1v) is 6.41. The predicted octanol–water partition coefficient (Wildman–Crippen LogP) is 1.52. The van der Waals surface area contributed by atoms with Gasteiger partial charge in [0, 0.05) is 6.54 Å². The molecule has 5 heteroatoms. The van der Waals surface area contributed by atoms with Crippen molar-refractivity contribution in [2.45, 2.75) is 50.4 Å². The third-order valence-corrected chi connectivity index (χ3v) is 3.78. The van der Waals surface area contributed by atoms with Crippen molar-refractivity contribution >= 4 is 0 Å². The number of aliphatic hydroxyl groups is 1. The number of nitrogens with zero attached hydrogens (tertiary/aromatic N) is 1. The van der Waals surface area contributed by atoms with Crippen LogP contribution in [0, 0.1) is 12.5 Å². The highest BCUT2D eigenvalue weighted by molar-refractivity contribution is 4.95. The third-order valence-electron chi connectivity index (χ3n) is 3.78. The number of alkyl halides is 1. The third kappa shape index (κ3) is 3.16. The van der Waals surface area contributed by atoms with Gasteiger partial charge in [-0.2, -0.15) is 5.06 Å². The molecule has 1 aliphatic heterocycles. The largest absolute Gasteiger partial charge is 0.394 e. The minimum atomic E-state index is -1.33. The number of halogens is 1. The van der Waals surface area contributed by atoms with Gasteiger partial charge in [0.15, 0.2) is 0 Å². The molecule has 2 N–H and O–H groups in total. The molecule has 99 valence electrons. The van der Waals surface area contributed by atoms with Crippen molar-refractivity contribution < 1.29 is 19.4 Å². The van der Waals surface area contributed by atoms with Crippen molar-refractivity contribution in [3.8, 4) is 0 Å². The lowest BCUT2D eigenvalue weighted by Gasteiger charge is -2.31. The molecule has 1 heterocycles. The zero-order valence-electron chi connectivity index (χ0n) is 9.96. The molecular formula is C12H21FNO3. The summed E-state index contributed by atoms with van der Waals surface area (Å²) in [4.78, 5) is 0. The van der Waals surface area contributed by atoms with Crippen LogP contribution in [0.2, 0.25) is 0 Å². The van der Waals surface area contributed by atoms with Crippen molar-refractivity contribution in [3.05, 3.63) is 6.61 Å². The normalized spacial score (nSPS) is 35.6. The van der Waals surface area contributed by atoms with E-state index in [0.29, 0.717) is 12.5 Å². The first-order chi connectivity index (χ1) is 8.22.